The Labute approximate surface area is 125 Å². The number of anilines is 2. The van der Waals surface area contributed by atoms with Gasteiger partial charge in [-0.1, -0.05) is 26.0 Å². The highest BCUT2D eigenvalue weighted by molar-refractivity contribution is 5.40. The van der Waals surface area contributed by atoms with Gasteiger partial charge in [0.2, 0.25) is 5.95 Å². The Morgan fingerprint density at radius 2 is 1.86 bits per heavy atom. The molecule has 1 aromatic carbocycles. The number of ether oxygens (including phenoxy) is 1. The molecule has 21 heavy (non-hydrogen) atoms. The minimum absolute atomic E-state index is 0.579. The van der Waals surface area contributed by atoms with Crippen LogP contribution in [0.1, 0.15) is 19.4 Å². The molecule has 0 bridgehead atoms. The first-order valence-corrected chi connectivity index (χ1v) is 7.11. The van der Waals surface area contributed by atoms with E-state index in [1.807, 2.05) is 30.3 Å². The maximum atomic E-state index is 5.14. The first-order valence-electron chi connectivity index (χ1n) is 7.11. The molecule has 0 aliphatic heterocycles. The molecule has 0 amide bonds. The van der Waals surface area contributed by atoms with Gasteiger partial charge in [-0.2, -0.15) is 4.98 Å². The van der Waals surface area contributed by atoms with Gasteiger partial charge in [-0.3, -0.25) is 0 Å². The van der Waals surface area contributed by atoms with Crippen molar-refractivity contribution in [3.05, 3.63) is 42.1 Å². The lowest BCUT2D eigenvalue weighted by Gasteiger charge is -2.10. The first kappa shape index (κ1) is 15.1. The van der Waals surface area contributed by atoms with Crippen LogP contribution in [0.25, 0.3) is 0 Å². The van der Waals surface area contributed by atoms with Crippen molar-refractivity contribution in [1.82, 2.24) is 9.97 Å². The van der Waals surface area contributed by atoms with Gasteiger partial charge in [0.25, 0.3) is 0 Å². The fourth-order valence-corrected chi connectivity index (χ4v) is 1.78. The summed E-state index contributed by atoms with van der Waals surface area (Å²) in [5, 5.41) is 6.51. The van der Waals surface area contributed by atoms with Crippen LogP contribution in [0.3, 0.4) is 0 Å². The quantitative estimate of drug-likeness (QED) is 0.818. The first-order chi connectivity index (χ1) is 10.2. The van der Waals surface area contributed by atoms with Crippen LogP contribution in [-0.4, -0.2) is 23.6 Å². The Morgan fingerprint density at radius 1 is 1.10 bits per heavy atom. The largest absolute Gasteiger partial charge is 0.497 e. The van der Waals surface area contributed by atoms with E-state index in [9.17, 15) is 0 Å². The minimum Gasteiger partial charge on any atom is -0.497 e. The van der Waals surface area contributed by atoms with Crippen LogP contribution in [0.4, 0.5) is 11.8 Å². The van der Waals surface area contributed by atoms with Crippen molar-refractivity contribution in [2.24, 2.45) is 5.92 Å². The number of aromatic nitrogens is 2. The lowest BCUT2D eigenvalue weighted by molar-refractivity contribution is 0.414. The predicted molar refractivity (Wildman–Crippen MR) is 85.7 cm³/mol. The molecule has 0 aliphatic carbocycles. The molecular formula is C16H22N4O. The summed E-state index contributed by atoms with van der Waals surface area (Å²) in [4.78, 5) is 8.66. The van der Waals surface area contributed by atoms with Crippen LogP contribution in [0.5, 0.6) is 5.75 Å². The molecule has 0 aliphatic rings. The van der Waals surface area contributed by atoms with Gasteiger partial charge < -0.3 is 15.4 Å². The number of benzene rings is 1. The summed E-state index contributed by atoms with van der Waals surface area (Å²) in [7, 11) is 1.66. The Kier molecular flexibility index (Phi) is 5.37. The molecule has 0 atom stereocenters. The van der Waals surface area contributed by atoms with Crippen LogP contribution < -0.4 is 15.4 Å². The number of hydrogen-bond acceptors (Lipinski definition) is 5. The zero-order valence-corrected chi connectivity index (χ0v) is 12.8. The van der Waals surface area contributed by atoms with Crippen molar-refractivity contribution in [3.8, 4) is 5.75 Å². The average molecular weight is 286 g/mol. The minimum atomic E-state index is 0.579. The Balaban J connectivity index is 1.91. The Morgan fingerprint density at radius 3 is 2.52 bits per heavy atom. The van der Waals surface area contributed by atoms with Crippen LogP contribution in [0.15, 0.2) is 36.5 Å². The maximum Gasteiger partial charge on any atom is 0.224 e. The molecule has 2 N–H and O–H groups in total. The van der Waals surface area contributed by atoms with Gasteiger partial charge in [0.05, 0.1) is 7.11 Å². The van der Waals surface area contributed by atoms with Gasteiger partial charge in [-0.05, 0) is 29.7 Å². The summed E-state index contributed by atoms with van der Waals surface area (Å²) in [5.74, 6) is 2.90. The molecule has 5 nitrogen and oxygen atoms in total. The van der Waals surface area contributed by atoms with E-state index < -0.39 is 0 Å². The van der Waals surface area contributed by atoms with E-state index in [1.165, 1.54) is 0 Å². The normalized spacial score (nSPS) is 10.5. The van der Waals surface area contributed by atoms with Crippen molar-refractivity contribution in [2.45, 2.75) is 20.4 Å². The second kappa shape index (κ2) is 7.47. The molecule has 1 heterocycles. The van der Waals surface area contributed by atoms with Gasteiger partial charge in [-0.25, -0.2) is 4.98 Å². The Hall–Kier alpha value is -2.30. The summed E-state index contributed by atoms with van der Waals surface area (Å²) >= 11 is 0. The number of hydrogen-bond donors (Lipinski definition) is 2. The van der Waals surface area contributed by atoms with Gasteiger partial charge in [0.1, 0.15) is 11.6 Å². The van der Waals surface area contributed by atoms with E-state index >= 15 is 0 Å². The molecule has 0 saturated heterocycles. The number of methoxy groups -OCH3 is 1. The van der Waals surface area contributed by atoms with Crippen LogP contribution in [-0.2, 0) is 6.54 Å². The Bertz CT molecular complexity index is 554. The maximum absolute atomic E-state index is 5.14. The molecule has 2 aromatic rings. The second-order valence-electron chi connectivity index (χ2n) is 5.24. The summed E-state index contributed by atoms with van der Waals surface area (Å²) in [6.07, 6.45) is 1.76. The summed E-state index contributed by atoms with van der Waals surface area (Å²) in [6.45, 7) is 5.90. The van der Waals surface area contributed by atoms with Crippen LogP contribution >= 0.6 is 0 Å². The molecule has 0 spiro atoms. The van der Waals surface area contributed by atoms with Crippen LogP contribution in [0.2, 0.25) is 0 Å². The van der Waals surface area contributed by atoms with E-state index in [0.29, 0.717) is 18.4 Å². The third-order valence-corrected chi connectivity index (χ3v) is 2.96. The highest BCUT2D eigenvalue weighted by Gasteiger charge is 2.01. The number of nitrogens with zero attached hydrogens (tertiary/aromatic N) is 2. The molecule has 0 unspecified atom stereocenters. The van der Waals surface area contributed by atoms with Crippen molar-refractivity contribution < 1.29 is 4.74 Å². The fourth-order valence-electron chi connectivity index (χ4n) is 1.78. The molecule has 112 valence electrons. The predicted octanol–water partition coefficient (Wildman–Crippen LogP) is 3.17. The van der Waals surface area contributed by atoms with E-state index in [-0.39, 0.29) is 0 Å². The van der Waals surface area contributed by atoms with Crippen LogP contribution in [0, 0.1) is 5.92 Å². The summed E-state index contributed by atoms with van der Waals surface area (Å²) in [6, 6.07) is 9.80. The number of nitrogens with one attached hydrogen (secondary N) is 2. The topological polar surface area (TPSA) is 59.1 Å². The third kappa shape index (κ3) is 4.95. The van der Waals surface area contributed by atoms with Gasteiger partial charge >= 0.3 is 0 Å². The zero-order valence-electron chi connectivity index (χ0n) is 12.8. The van der Waals surface area contributed by atoms with E-state index in [2.05, 4.69) is 34.4 Å². The molecular weight excluding hydrogens is 264 g/mol. The lowest BCUT2D eigenvalue weighted by atomic mass is 10.2. The van der Waals surface area contributed by atoms with Crippen molar-refractivity contribution in [3.63, 3.8) is 0 Å². The molecule has 0 radical (unpaired) electrons. The van der Waals surface area contributed by atoms with E-state index in [1.54, 1.807) is 13.3 Å². The smallest absolute Gasteiger partial charge is 0.224 e. The lowest BCUT2D eigenvalue weighted by Crippen LogP contribution is -2.11. The van der Waals surface area contributed by atoms with E-state index in [4.69, 9.17) is 4.74 Å². The monoisotopic (exact) mass is 286 g/mol. The van der Waals surface area contributed by atoms with Crippen molar-refractivity contribution in [2.75, 3.05) is 24.3 Å². The highest BCUT2D eigenvalue weighted by atomic mass is 16.5. The van der Waals surface area contributed by atoms with E-state index in [0.717, 1.165) is 23.7 Å². The van der Waals surface area contributed by atoms with Gasteiger partial charge in [0, 0.05) is 19.3 Å². The molecule has 1 aromatic heterocycles. The molecule has 0 saturated carbocycles. The number of rotatable bonds is 7. The second-order valence-corrected chi connectivity index (χ2v) is 5.24. The summed E-state index contributed by atoms with van der Waals surface area (Å²) < 4.78 is 5.14. The van der Waals surface area contributed by atoms with Crippen molar-refractivity contribution >= 4 is 11.8 Å². The van der Waals surface area contributed by atoms with Gasteiger partial charge in [-0.15, -0.1) is 0 Å². The zero-order chi connectivity index (χ0) is 15.1. The fraction of sp³-hybridized carbons (Fsp3) is 0.375. The van der Waals surface area contributed by atoms with Crippen molar-refractivity contribution in [1.29, 1.82) is 0 Å². The SMILES string of the molecule is COc1ccc(CNc2nccc(NCC(C)C)n2)cc1. The summed E-state index contributed by atoms with van der Waals surface area (Å²) in [5.41, 5.74) is 1.15. The molecule has 2 rings (SSSR count). The molecule has 5 heteroatoms. The van der Waals surface area contributed by atoms with Gasteiger partial charge in [0.15, 0.2) is 0 Å². The highest BCUT2D eigenvalue weighted by Crippen LogP contribution is 2.13. The standard InChI is InChI=1S/C16H22N4O/c1-12(2)10-18-15-8-9-17-16(20-15)19-11-13-4-6-14(21-3)7-5-13/h4-9,12H,10-11H2,1-3H3,(H2,17,18,19,20). The average Bonchev–Trinajstić information content (AvgIpc) is 2.52. The third-order valence-electron chi connectivity index (χ3n) is 2.96. The molecule has 0 fully saturated rings.